The van der Waals surface area contributed by atoms with Gasteiger partial charge < -0.3 is 0 Å². The van der Waals surface area contributed by atoms with Crippen molar-refractivity contribution in [2.45, 2.75) is 31.1 Å². The molecule has 0 radical (unpaired) electrons. The number of hydrogen-bond acceptors (Lipinski definition) is 3. The van der Waals surface area contributed by atoms with Crippen molar-refractivity contribution in [1.29, 1.82) is 0 Å². The van der Waals surface area contributed by atoms with Gasteiger partial charge in [0, 0.05) is 12.4 Å². The van der Waals surface area contributed by atoms with E-state index in [-0.39, 0.29) is 4.90 Å². The molecule has 0 amide bonds. The molecule has 0 saturated heterocycles. The van der Waals surface area contributed by atoms with Gasteiger partial charge >= 0.3 is 0 Å². The Balaban J connectivity index is 2.36. The molecule has 1 heterocycles. The van der Waals surface area contributed by atoms with Gasteiger partial charge in [0.1, 0.15) is 4.90 Å². The molecule has 0 fully saturated rings. The molecular formula is C15H18N2O2S. The number of para-hydroxylation sites is 1. The number of anilines is 1. The highest BCUT2D eigenvalue weighted by molar-refractivity contribution is 7.92. The van der Waals surface area contributed by atoms with E-state index in [1.54, 1.807) is 18.3 Å². The molecule has 0 aliphatic carbocycles. The highest BCUT2D eigenvalue weighted by atomic mass is 32.2. The zero-order valence-corrected chi connectivity index (χ0v) is 12.4. The van der Waals surface area contributed by atoms with Gasteiger partial charge in [0.05, 0.1) is 5.69 Å². The summed E-state index contributed by atoms with van der Waals surface area (Å²) in [6.45, 7) is 4.16. The van der Waals surface area contributed by atoms with E-state index in [0.29, 0.717) is 11.6 Å². The van der Waals surface area contributed by atoms with Gasteiger partial charge in [-0.25, -0.2) is 8.42 Å². The molecule has 4 nitrogen and oxygen atoms in total. The van der Waals surface area contributed by atoms with Gasteiger partial charge in [-0.3, -0.25) is 9.71 Å². The van der Waals surface area contributed by atoms with Crippen molar-refractivity contribution in [3.8, 4) is 0 Å². The molecule has 2 aromatic rings. The maximum atomic E-state index is 12.3. The summed E-state index contributed by atoms with van der Waals surface area (Å²) in [6.07, 6.45) is 3.84. The Morgan fingerprint density at radius 1 is 1.20 bits per heavy atom. The van der Waals surface area contributed by atoms with Crippen LogP contribution in [0.4, 0.5) is 5.69 Å². The second-order valence-corrected chi connectivity index (χ2v) is 6.37. The van der Waals surface area contributed by atoms with Gasteiger partial charge in [0.25, 0.3) is 10.0 Å². The fraction of sp³-hybridized carbons (Fsp3) is 0.267. The quantitative estimate of drug-likeness (QED) is 0.918. The number of nitrogens with one attached hydrogen (secondary N) is 1. The van der Waals surface area contributed by atoms with Gasteiger partial charge in [-0.15, -0.1) is 0 Å². The Bertz CT molecular complexity index is 669. The molecule has 0 aliphatic rings. The van der Waals surface area contributed by atoms with E-state index in [1.807, 2.05) is 18.2 Å². The topological polar surface area (TPSA) is 59.1 Å². The zero-order valence-electron chi connectivity index (χ0n) is 11.6. The lowest BCUT2D eigenvalue weighted by molar-refractivity contribution is 0.600. The van der Waals surface area contributed by atoms with Crippen LogP contribution in [0.25, 0.3) is 0 Å². The van der Waals surface area contributed by atoms with Crippen molar-refractivity contribution in [2.24, 2.45) is 0 Å². The fourth-order valence-corrected chi connectivity index (χ4v) is 3.00. The van der Waals surface area contributed by atoms with Crippen molar-refractivity contribution in [1.82, 2.24) is 4.98 Å². The molecule has 1 aromatic heterocycles. The summed E-state index contributed by atoms with van der Waals surface area (Å²) in [4.78, 5) is 4.01. The molecule has 0 bridgehead atoms. The first-order valence-electron chi connectivity index (χ1n) is 6.56. The molecule has 0 saturated carbocycles. The molecule has 1 aromatic carbocycles. The molecule has 0 aliphatic heterocycles. The Morgan fingerprint density at radius 3 is 2.60 bits per heavy atom. The van der Waals surface area contributed by atoms with Crippen molar-refractivity contribution in [2.75, 3.05) is 4.72 Å². The third-order valence-electron chi connectivity index (χ3n) is 3.29. The van der Waals surface area contributed by atoms with E-state index in [4.69, 9.17) is 0 Å². The van der Waals surface area contributed by atoms with Gasteiger partial charge in [0.2, 0.25) is 0 Å². The maximum absolute atomic E-state index is 12.3. The third kappa shape index (κ3) is 3.17. The third-order valence-corrected chi connectivity index (χ3v) is 4.64. The molecule has 1 N–H and O–H groups in total. The van der Waals surface area contributed by atoms with Crippen LogP contribution in [0.1, 0.15) is 31.7 Å². The highest BCUT2D eigenvalue weighted by Crippen LogP contribution is 2.28. The summed E-state index contributed by atoms with van der Waals surface area (Å²) in [7, 11) is -3.59. The van der Waals surface area contributed by atoms with Crippen LogP contribution >= 0.6 is 0 Å². The number of pyridine rings is 1. The largest absolute Gasteiger partial charge is 0.279 e. The Morgan fingerprint density at radius 2 is 1.95 bits per heavy atom. The zero-order chi connectivity index (χ0) is 14.6. The van der Waals surface area contributed by atoms with Crippen LogP contribution in [-0.4, -0.2) is 13.4 Å². The van der Waals surface area contributed by atoms with Crippen molar-refractivity contribution >= 4 is 15.7 Å². The Labute approximate surface area is 119 Å². The minimum atomic E-state index is -3.59. The molecule has 5 heteroatoms. The van der Waals surface area contributed by atoms with Crippen LogP contribution < -0.4 is 4.72 Å². The number of benzene rings is 1. The number of sulfonamides is 1. The predicted octanol–water partition coefficient (Wildman–Crippen LogP) is 3.40. The van der Waals surface area contributed by atoms with Gasteiger partial charge in [-0.1, -0.05) is 32.0 Å². The van der Waals surface area contributed by atoms with Gasteiger partial charge in [-0.2, -0.15) is 0 Å². The van der Waals surface area contributed by atoms with E-state index in [0.717, 1.165) is 12.0 Å². The lowest BCUT2D eigenvalue weighted by Gasteiger charge is -2.16. The van der Waals surface area contributed by atoms with E-state index in [2.05, 4.69) is 23.6 Å². The fourth-order valence-electron chi connectivity index (χ4n) is 1.95. The van der Waals surface area contributed by atoms with E-state index >= 15 is 0 Å². The molecule has 1 unspecified atom stereocenters. The smallest absolute Gasteiger partial charge is 0.263 e. The van der Waals surface area contributed by atoms with E-state index in [9.17, 15) is 8.42 Å². The van der Waals surface area contributed by atoms with Crippen molar-refractivity contribution in [3.63, 3.8) is 0 Å². The summed E-state index contributed by atoms with van der Waals surface area (Å²) in [5, 5.41) is 0. The first-order chi connectivity index (χ1) is 9.54. The summed E-state index contributed by atoms with van der Waals surface area (Å²) in [5.74, 6) is 0.294. The second-order valence-electron chi connectivity index (χ2n) is 4.69. The number of hydrogen-bond donors (Lipinski definition) is 1. The molecule has 2 rings (SSSR count). The summed E-state index contributed by atoms with van der Waals surface area (Å²) in [6, 6.07) is 10.6. The molecular weight excluding hydrogens is 272 g/mol. The normalized spacial score (nSPS) is 12.9. The Kier molecular flexibility index (Phi) is 4.39. The summed E-state index contributed by atoms with van der Waals surface area (Å²) < 4.78 is 27.3. The minimum absolute atomic E-state index is 0.166. The van der Waals surface area contributed by atoms with Crippen molar-refractivity contribution < 1.29 is 8.42 Å². The van der Waals surface area contributed by atoms with Crippen LogP contribution in [-0.2, 0) is 10.0 Å². The monoisotopic (exact) mass is 290 g/mol. The van der Waals surface area contributed by atoms with Gasteiger partial charge in [-0.05, 0) is 36.1 Å². The van der Waals surface area contributed by atoms with Crippen LogP contribution in [0, 0.1) is 0 Å². The standard InChI is InChI=1S/C15H18N2O2S/c1-3-12(2)14-8-4-5-9-15(14)17-20(18,19)13-7-6-10-16-11-13/h4-12,17H,3H2,1-2H3. The van der Waals surface area contributed by atoms with Crippen LogP contribution in [0.5, 0.6) is 0 Å². The Hall–Kier alpha value is -1.88. The first-order valence-corrected chi connectivity index (χ1v) is 8.04. The average Bonchev–Trinajstić information content (AvgIpc) is 2.47. The maximum Gasteiger partial charge on any atom is 0.263 e. The first kappa shape index (κ1) is 14.5. The van der Waals surface area contributed by atoms with E-state index < -0.39 is 10.0 Å². The second kappa shape index (κ2) is 6.05. The average molecular weight is 290 g/mol. The van der Waals surface area contributed by atoms with E-state index in [1.165, 1.54) is 12.3 Å². The lowest BCUT2D eigenvalue weighted by atomic mass is 9.97. The highest BCUT2D eigenvalue weighted by Gasteiger charge is 2.17. The van der Waals surface area contributed by atoms with Gasteiger partial charge in [0.15, 0.2) is 0 Å². The number of rotatable bonds is 5. The minimum Gasteiger partial charge on any atom is -0.279 e. The number of aromatic nitrogens is 1. The van der Waals surface area contributed by atoms with Crippen molar-refractivity contribution in [3.05, 3.63) is 54.4 Å². The number of nitrogens with zero attached hydrogens (tertiary/aromatic N) is 1. The molecule has 1 atom stereocenters. The molecule has 0 spiro atoms. The molecule has 106 valence electrons. The summed E-state index contributed by atoms with van der Waals surface area (Å²) in [5.41, 5.74) is 1.63. The van der Waals surface area contributed by atoms with Crippen LogP contribution in [0.3, 0.4) is 0 Å². The van der Waals surface area contributed by atoms with Crippen LogP contribution in [0.15, 0.2) is 53.7 Å². The van der Waals surface area contributed by atoms with Crippen LogP contribution in [0.2, 0.25) is 0 Å². The SMILES string of the molecule is CCC(C)c1ccccc1NS(=O)(=O)c1cccnc1. The predicted molar refractivity (Wildman–Crippen MR) is 80.2 cm³/mol. The molecule has 20 heavy (non-hydrogen) atoms. The lowest BCUT2D eigenvalue weighted by Crippen LogP contribution is -2.14. The summed E-state index contributed by atoms with van der Waals surface area (Å²) >= 11 is 0.